The molecule has 4 aliphatic carbocycles. The first-order valence-electron chi connectivity index (χ1n) is 25.9. The number of benzene rings is 1. The second kappa shape index (κ2) is 25.5. The number of ether oxygens (including phenoxy) is 11. The van der Waals surface area contributed by atoms with E-state index in [2.05, 4.69) is 5.32 Å². The van der Waals surface area contributed by atoms with E-state index in [1.54, 1.807) is 45.9 Å². The van der Waals surface area contributed by atoms with Crippen LogP contribution in [0.4, 0.5) is 14.4 Å². The molecule has 0 unspecified atom stereocenters. The van der Waals surface area contributed by atoms with Crippen LogP contribution in [0.15, 0.2) is 41.5 Å². The van der Waals surface area contributed by atoms with Crippen molar-refractivity contribution in [1.82, 2.24) is 5.32 Å². The van der Waals surface area contributed by atoms with Crippen LogP contribution in [0.2, 0.25) is 0 Å². The Morgan fingerprint density at radius 3 is 2.00 bits per heavy atom. The zero-order valence-corrected chi connectivity index (χ0v) is 49.9. The van der Waals surface area contributed by atoms with E-state index in [0.717, 1.165) is 26.2 Å². The van der Waals surface area contributed by atoms with Gasteiger partial charge in [-0.15, -0.1) is 0 Å². The molecule has 26 heteroatoms. The highest BCUT2D eigenvalue weighted by molar-refractivity contribution is 6.68. The van der Waals surface area contributed by atoms with E-state index in [1.165, 1.54) is 39.8 Å². The number of rotatable bonds is 17. The number of esters is 3. The molecule has 0 aromatic heterocycles. The molecule has 1 aliphatic heterocycles. The molecule has 20 nitrogen and oxygen atoms in total. The lowest BCUT2D eigenvalue weighted by Crippen LogP contribution is -2.82. The van der Waals surface area contributed by atoms with Crippen LogP contribution < -0.4 is 5.32 Å². The van der Waals surface area contributed by atoms with Gasteiger partial charge in [0.05, 0.1) is 42.8 Å². The molecule has 1 heterocycles. The molecule has 1 amide bonds. The monoisotopic (exact) mass is 1230 g/mol. The number of alkyl halides is 6. The van der Waals surface area contributed by atoms with Crippen LogP contribution in [0.1, 0.15) is 118 Å². The van der Waals surface area contributed by atoms with Gasteiger partial charge in [0, 0.05) is 31.8 Å². The number of ketones is 1. The zero-order chi connectivity index (χ0) is 58.7. The van der Waals surface area contributed by atoms with Crippen molar-refractivity contribution in [2.45, 2.75) is 174 Å². The predicted octanol–water partition coefficient (Wildman–Crippen LogP) is 9.59. The number of amides is 1. The minimum absolute atomic E-state index is 0.0252. The SMILES string of the molecule is CCOCCO[C@@H](C(=O)O[C@H]1C[C@@]2(O)[C@@H](OC(=O)c3ccccc3)[C@@H]3[C@]4(OC(C)=O)CO[C@@H]4C[C@H](OC(=O)OCC(Cl)(Cl)Cl)[C@@]3(C)C(=O)[C@H](OC(=O)OCC(Cl)(Cl)Cl)C(=C1C)C2(C)C)[C@@H](NC(=O)OC(C)(C)C)C1CCCCC1. The number of halogens is 6. The third kappa shape index (κ3) is 14.8. The summed E-state index contributed by atoms with van der Waals surface area (Å²) in [5, 5.41) is 17.2. The standard InChI is InChI=1S/C53H69Cl6NO19/c1-10-69-21-22-70-38(36(30-17-13-11-14-18-30)60-44(65)79-47(4,5)6)43(64)74-32-24-51(68)41(77-42(63)31-19-15-12-16-20-31)39-49(9,40(62)37(35(28(32)2)48(51,7)8)76-46(67)73-27-53(57,58)59)33(75-45(66)72-26-52(54,55)56)23-34-50(39,25-71-34)78-29(3)61/h12,15-16,19-20,30,32-34,36-39,41,68H,10-11,13-14,17-18,21-27H2,1-9H3,(H,60,65)/t32-,33-,34+,36-,37+,38+,39-,41-,49+,50-,51+/m0/s1. The van der Waals surface area contributed by atoms with Crippen molar-refractivity contribution in [3.63, 3.8) is 0 Å². The second-order valence-corrected chi connectivity index (χ2v) is 27.2. The van der Waals surface area contributed by atoms with E-state index in [-0.39, 0.29) is 35.8 Å². The average Bonchev–Trinajstić information content (AvgIpc) is 3.19. The van der Waals surface area contributed by atoms with Crippen LogP contribution in [0.5, 0.6) is 0 Å². The molecule has 79 heavy (non-hydrogen) atoms. The Hall–Kier alpha value is -3.57. The summed E-state index contributed by atoms with van der Waals surface area (Å²) < 4.78 is 61.0. The average molecular weight is 1240 g/mol. The smallest absolute Gasteiger partial charge is 0.456 e. The molecule has 2 bridgehead atoms. The Balaban J connectivity index is 1.62. The summed E-state index contributed by atoms with van der Waals surface area (Å²) in [7, 11) is 0. The first-order valence-corrected chi connectivity index (χ1v) is 28.2. The Morgan fingerprint density at radius 2 is 1.46 bits per heavy atom. The summed E-state index contributed by atoms with van der Waals surface area (Å²) >= 11 is 35.7. The quantitative estimate of drug-likeness (QED) is 0.0484. The van der Waals surface area contributed by atoms with Crippen molar-refractivity contribution in [2.75, 3.05) is 39.6 Å². The highest BCUT2D eigenvalue weighted by Gasteiger charge is 2.79. The summed E-state index contributed by atoms with van der Waals surface area (Å²) in [4.78, 5) is 102. The molecule has 6 rings (SSSR count). The first-order chi connectivity index (χ1) is 36.7. The Kier molecular flexibility index (Phi) is 20.9. The zero-order valence-electron chi connectivity index (χ0n) is 45.3. The van der Waals surface area contributed by atoms with E-state index in [4.69, 9.17) is 122 Å². The Bertz CT molecular complexity index is 2440. The van der Waals surface area contributed by atoms with Crippen molar-refractivity contribution in [1.29, 1.82) is 0 Å². The molecule has 442 valence electrons. The van der Waals surface area contributed by atoms with E-state index in [1.807, 2.05) is 0 Å². The van der Waals surface area contributed by atoms with Gasteiger partial charge in [-0.05, 0) is 83.6 Å². The van der Waals surface area contributed by atoms with Crippen molar-refractivity contribution in [3.8, 4) is 0 Å². The van der Waals surface area contributed by atoms with Gasteiger partial charge in [-0.3, -0.25) is 9.59 Å². The summed E-state index contributed by atoms with van der Waals surface area (Å²) in [5.41, 5.74) is -10.0. The molecule has 1 aromatic rings. The number of hydrogen-bond donors (Lipinski definition) is 2. The maximum atomic E-state index is 16.5. The third-order valence-corrected chi connectivity index (χ3v) is 16.1. The summed E-state index contributed by atoms with van der Waals surface area (Å²) in [6.07, 6.45) is -11.7. The van der Waals surface area contributed by atoms with Gasteiger partial charge in [-0.25, -0.2) is 24.0 Å². The van der Waals surface area contributed by atoms with Crippen LogP contribution in [0.3, 0.4) is 0 Å². The van der Waals surface area contributed by atoms with Gasteiger partial charge in [0.2, 0.25) is 7.59 Å². The topological polar surface area (TPSA) is 253 Å². The first kappa shape index (κ1) is 64.6. The predicted molar refractivity (Wildman–Crippen MR) is 286 cm³/mol. The summed E-state index contributed by atoms with van der Waals surface area (Å²) in [6.45, 7) is 11.7. The largest absolute Gasteiger partial charge is 0.509 e. The minimum Gasteiger partial charge on any atom is -0.456 e. The minimum atomic E-state index is -2.61. The number of fused-ring (bicyclic) bond motifs is 5. The molecule has 5 aliphatic rings. The van der Waals surface area contributed by atoms with Crippen LogP contribution in [0, 0.1) is 22.7 Å². The maximum Gasteiger partial charge on any atom is 0.509 e. The van der Waals surface area contributed by atoms with Crippen molar-refractivity contribution in [2.24, 2.45) is 22.7 Å². The lowest BCUT2D eigenvalue weighted by atomic mass is 9.44. The fourth-order valence-corrected chi connectivity index (χ4v) is 12.2. The highest BCUT2D eigenvalue weighted by Crippen LogP contribution is 2.65. The number of carbonyl (C=O) groups excluding carboxylic acids is 7. The summed E-state index contributed by atoms with van der Waals surface area (Å²) in [5.74, 6) is -6.23. The molecule has 11 atom stereocenters. The summed E-state index contributed by atoms with van der Waals surface area (Å²) in [6, 6.07) is 6.57. The maximum absolute atomic E-state index is 16.5. The van der Waals surface area contributed by atoms with Crippen molar-refractivity contribution in [3.05, 3.63) is 47.0 Å². The van der Waals surface area contributed by atoms with E-state index < -0.39 is 159 Å². The normalized spacial score (nSPS) is 29.5. The van der Waals surface area contributed by atoms with Gasteiger partial charge in [-0.2, -0.15) is 0 Å². The lowest BCUT2D eigenvalue weighted by molar-refractivity contribution is -0.346. The Morgan fingerprint density at radius 1 is 0.848 bits per heavy atom. The molecular weight excluding hydrogens is 1170 g/mol. The fourth-order valence-electron chi connectivity index (χ4n) is 11.8. The lowest BCUT2D eigenvalue weighted by Gasteiger charge is -2.67. The number of hydrogen-bond acceptors (Lipinski definition) is 19. The van der Waals surface area contributed by atoms with Gasteiger partial charge < -0.3 is 62.5 Å². The van der Waals surface area contributed by atoms with E-state index in [0.29, 0.717) is 19.4 Å². The Labute approximate surface area is 488 Å². The number of carbonyl (C=O) groups is 7. The second-order valence-electron chi connectivity index (χ2n) is 22.1. The molecule has 0 spiro atoms. The fraction of sp³-hybridized carbons (Fsp3) is 0.717. The van der Waals surface area contributed by atoms with Crippen LogP contribution in [0.25, 0.3) is 0 Å². The van der Waals surface area contributed by atoms with Crippen molar-refractivity contribution >= 4 is 112 Å². The number of aliphatic hydroxyl groups is 1. The molecule has 4 fully saturated rings. The highest BCUT2D eigenvalue weighted by atomic mass is 35.6. The van der Waals surface area contributed by atoms with Gasteiger partial charge in [0.25, 0.3) is 0 Å². The third-order valence-electron chi connectivity index (χ3n) is 15.4. The molecule has 0 radical (unpaired) electrons. The molecule has 1 saturated heterocycles. The van der Waals surface area contributed by atoms with Gasteiger partial charge in [0.15, 0.2) is 23.6 Å². The number of alkyl carbamates (subject to hydrolysis) is 1. The molecule has 3 saturated carbocycles. The van der Waals surface area contributed by atoms with Gasteiger partial charge >= 0.3 is 36.3 Å². The van der Waals surface area contributed by atoms with Crippen LogP contribution >= 0.6 is 69.6 Å². The number of Topliss-reactive ketones (excluding diaryl/α,β-unsaturated/α-hetero) is 1. The van der Waals surface area contributed by atoms with E-state index in [9.17, 15) is 29.1 Å². The molecular formula is C53H69Cl6NO19. The number of nitrogens with one attached hydrogen (secondary N) is 1. The molecule has 2 N–H and O–H groups in total. The van der Waals surface area contributed by atoms with E-state index >= 15 is 9.59 Å². The van der Waals surface area contributed by atoms with Gasteiger partial charge in [0.1, 0.15) is 48.8 Å². The van der Waals surface area contributed by atoms with Gasteiger partial charge in [-0.1, -0.05) is 121 Å². The van der Waals surface area contributed by atoms with Crippen LogP contribution in [-0.2, 0) is 66.5 Å². The molecule has 1 aromatic carbocycles. The van der Waals surface area contributed by atoms with Crippen molar-refractivity contribution < 1.29 is 90.8 Å². The van der Waals surface area contributed by atoms with Crippen LogP contribution in [-0.4, -0.2) is 154 Å².